The molecule has 2 aromatic rings. The van der Waals surface area contributed by atoms with Crippen molar-refractivity contribution in [3.8, 4) is 5.69 Å². The molecule has 0 amide bonds. The van der Waals surface area contributed by atoms with Crippen LogP contribution in [0.4, 0.5) is 13.2 Å². The number of nitrogens with zero attached hydrogens (tertiary/aromatic N) is 3. The fraction of sp³-hybridized carbons (Fsp3) is 0.273. The Morgan fingerprint density at radius 2 is 2.06 bits per heavy atom. The van der Waals surface area contributed by atoms with Gasteiger partial charge in [-0.2, -0.15) is 13.2 Å². The minimum absolute atomic E-state index is 0.147. The third kappa shape index (κ3) is 2.35. The van der Waals surface area contributed by atoms with E-state index in [0.717, 1.165) is 6.07 Å². The Morgan fingerprint density at radius 3 is 2.61 bits per heavy atom. The van der Waals surface area contributed by atoms with E-state index in [1.54, 1.807) is 0 Å². The minimum Gasteiger partial charge on any atom is -0.390 e. The number of aliphatic hydroxyl groups is 1. The lowest BCUT2D eigenvalue weighted by atomic mass is 10.1. The van der Waals surface area contributed by atoms with Crippen molar-refractivity contribution in [3.63, 3.8) is 0 Å². The average molecular weight is 257 g/mol. The number of aryl methyl sites for hydroxylation is 1. The topological polar surface area (TPSA) is 50.9 Å². The normalized spacial score (nSPS) is 11.8. The second-order valence-electron chi connectivity index (χ2n) is 3.81. The lowest BCUT2D eigenvalue weighted by Crippen LogP contribution is -2.09. The molecular formula is C11H10F3N3O. The molecule has 0 saturated heterocycles. The van der Waals surface area contributed by atoms with Gasteiger partial charge in [-0.3, -0.25) is 0 Å². The fourth-order valence-electron chi connectivity index (χ4n) is 1.55. The van der Waals surface area contributed by atoms with Crippen LogP contribution in [0.25, 0.3) is 5.69 Å². The van der Waals surface area contributed by atoms with Gasteiger partial charge in [0, 0.05) is 0 Å². The molecule has 0 saturated carbocycles. The predicted octanol–water partition coefficient (Wildman–Crippen LogP) is 2.09. The van der Waals surface area contributed by atoms with Gasteiger partial charge in [-0.1, -0.05) is 11.3 Å². The maximum atomic E-state index is 12.7. The van der Waals surface area contributed by atoms with Gasteiger partial charge >= 0.3 is 6.18 Å². The predicted molar refractivity (Wildman–Crippen MR) is 57.0 cm³/mol. The van der Waals surface area contributed by atoms with Gasteiger partial charge in [0.25, 0.3) is 0 Å². The van der Waals surface area contributed by atoms with Gasteiger partial charge in [0.15, 0.2) is 0 Å². The van der Waals surface area contributed by atoms with E-state index in [0.29, 0.717) is 5.69 Å². The summed E-state index contributed by atoms with van der Waals surface area (Å²) in [4.78, 5) is 0. The molecule has 0 atom stereocenters. The lowest BCUT2D eigenvalue weighted by Gasteiger charge is -2.11. The third-order valence-corrected chi connectivity index (χ3v) is 2.49. The van der Waals surface area contributed by atoms with Crippen LogP contribution < -0.4 is 0 Å². The molecule has 0 unspecified atom stereocenters. The molecule has 1 heterocycles. The van der Waals surface area contributed by atoms with Crippen molar-refractivity contribution in [1.29, 1.82) is 0 Å². The number of alkyl halides is 3. The first-order chi connectivity index (χ1) is 8.41. The summed E-state index contributed by atoms with van der Waals surface area (Å²) >= 11 is 0. The lowest BCUT2D eigenvalue weighted by molar-refractivity contribution is -0.138. The zero-order chi connectivity index (χ0) is 13.3. The molecule has 7 heteroatoms. The number of hydrogen-bond donors (Lipinski definition) is 1. The molecule has 18 heavy (non-hydrogen) atoms. The van der Waals surface area contributed by atoms with Crippen LogP contribution in [0.2, 0.25) is 0 Å². The highest BCUT2D eigenvalue weighted by Crippen LogP contribution is 2.32. The first-order valence-corrected chi connectivity index (χ1v) is 5.12. The third-order valence-electron chi connectivity index (χ3n) is 2.49. The number of rotatable bonds is 2. The van der Waals surface area contributed by atoms with Gasteiger partial charge in [-0.05, 0) is 24.6 Å². The largest absolute Gasteiger partial charge is 0.416 e. The molecule has 0 spiro atoms. The molecule has 1 N–H and O–H groups in total. The van der Waals surface area contributed by atoms with E-state index < -0.39 is 11.7 Å². The van der Waals surface area contributed by atoms with Crippen LogP contribution in [0.5, 0.6) is 0 Å². The molecule has 2 rings (SSSR count). The Labute approximate surface area is 101 Å². The van der Waals surface area contributed by atoms with Gasteiger partial charge in [-0.25, -0.2) is 4.68 Å². The number of benzene rings is 1. The zero-order valence-corrected chi connectivity index (χ0v) is 9.44. The highest BCUT2D eigenvalue weighted by molar-refractivity contribution is 5.41. The van der Waals surface area contributed by atoms with Crippen molar-refractivity contribution < 1.29 is 18.3 Å². The molecule has 0 bridgehead atoms. The zero-order valence-electron chi connectivity index (χ0n) is 9.44. The Hall–Kier alpha value is -1.89. The molecule has 1 aromatic carbocycles. The van der Waals surface area contributed by atoms with Crippen LogP contribution in [0, 0.1) is 6.92 Å². The summed E-state index contributed by atoms with van der Waals surface area (Å²) in [5.41, 5.74) is -0.0148. The highest BCUT2D eigenvalue weighted by atomic mass is 19.4. The summed E-state index contributed by atoms with van der Waals surface area (Å²) < 4.78 is 39.4. The highest BCUT2D eigenvalue weighted by Gasteiger charge is 2.32. The quantitative estimate of drug-likeness (QED) is 0.896. The first kappa shape index (κ1) is 12.6. The number of halogens is 3. The van der Waals surface area contributed by atoms with E-state index in [1.165, 1.54) is 29.9 Å². The van der Waals surface area contributed by atoms with Crippen molar-refractivity contribution in [3.05, 3.63) is 41.2 Å². The van der Waals surface area contributed by atoms with E-state index in [2.05, 4.69) is 10.3 Å². The molecule has 0 fully saturated rings. The summed E-state index contributed by atoms with van der Waals surface area (Å²) in [6, 6.07) is 3.89. The summed E-state index contributed by atoms with van der Waals surface area (Å²) in [6.45, 7) is 1.09. The van der Waals surface area contributed by atoms with Crippen LogP contribution in [0.1, 0.15) is 16.8 Å². The summed E-state index contributed by atoms with van der Waals surface area (Å²) in [5.74, 6) is 0. The van der Waals surface area contributed by atoms with Crippen molar-refractivity contribution in [2.24, 2.45) is 0 Å². The first-order valence-electron chi connectivity index (χ1n) is 5.12. The maximum absolute atomic E-state index is 12.7. The van der Waals surface area contributed by atoms with Crippen LogP contribution in [-0.4, -0.2) is 20.1 Å². The van der Waals surface area contributed by atoms with E-state index in [1.807, 2.05) is 0 Å². The summed E-state index contributed by atoms with van der Waals surface area (Å²) in [6.07, 6.45) is -3.02. The van der Waals surface area contributed by atoms with Crippen molar-refractivity contribution in [2.45, 2.75) is 19.7 Å². The Kier molecular flexibility index (Phi) is 3.08. The SMILES string of the molecule is Cc1ccc(-n2cc(CO)nn2)cc1C(F)(F)F. The van der Waals surface area contributed by atoms with Crippen LogP contribution >= 0.6 is 0 Å². The number of aromatic nitrogens is 3. The Balaban J connectivity index is 2.47. The van der Waals surface area contributed by atoms with Crippen molar-refractivity contribution >= 4 is 0 Å². The number of hydrogen-bond acceptors (Lipinski definition) is 3. The van der Waals surface area contributed by atoms with Gasteiger partial charge in [0.2, 0.25) is 0 Å². The Morgan fingerprint density at radius 1 is 1.33 bits per heavy atom. The molecule has 1 aromatic heterocycles. The van der Waals surface area contributed by atoms with Crippen LogP contribution in [0.15, 0.2) is 24.4 Å². The average Bonchev–Trinajstić information content (AvgIpc) is 2.76. The van der Waals surface area contributed by atoms with Gasteiger partial charge in [0.05, 0.1) is 24.1 Å². The molecular weight excluding hydrogens is 247 g/mol. The number of aliphatic hydroxyl groups excluding tert-OH is 1. The molecule has 96 valence electrons. The minimum atomic E-state index is -4.40. The molecule has 0 aliphatic carbocycles. The summed E-state index contributed by atoms with van der Waals surface area (Å²) in [5, 5.41) is 16.1. The van der Waals surface area contributed by atoms with E-state index in [4.69, 9.17) is 5.11 Å². The van der Waals surface area contributed by atoms with E-state index in [-0.39, 0.29) is 17.9 Å². The Bertz CT molecular complexity index is 563. The van der Waals surface area contributed by atoms with Gasteiger partial charge in [0.1, 0.15) is 5.69 Å². The fourth-order valence-corrected chi connectivity index (χ4v) is 1.55. The van der Waals surface area contributed by atoms with Gasteiger partial charge in [-0.15, -0.1) is 5.10 Å². The smallest absolute Gasteiger partial charge is 0.390 e. The second kappa shape index (κ2) is 4.41. The molecule has 0 radical (unpaired) electrons. The van der Waals surface area contributed by atoms with E-state index in [9.17, 15) is 13.2 Å². The molecule has 0 aliphatic heterocycles. The van der Waals surface area contributed by atoms with Crippen LogP contribution in [-0.2, 0) is 12.8 Å². The monoisotopic (exact) mass is 257 g/mol. The standard InChI is InChI=1S/C11H10F3N3O/c1-7-2-3-9(4-10(7)11(12,13)14)17-5-8(6-18)15-16-17/h2-5,18H,6H2,1H3. The molecule has 4 nitrogen and oxygen atoms in total. The van der Waals surface area contributed by atoms with Crippen LogP contribution in [0.3, 0.4) is 0 Å². The maximum Gasteiger partial charge on any atom is 0.416 e. The van der Waals surface area contributed by atoms with Gasteiger partial charge < -0.3 is 5.11 Å². The second-order valence-corrected chi connectivity index (χ2v) is 3.81. The van der Waals surface area contributed by atoms with E-state index >= 15 is 0 Å². The summed E-state index contributed by atoms with van der Waals surface area (Å²) in [7, 11) is 0. The molecule has 0 aliphatic rings. The van der Waals surface area contributed by atoms with Crippen molar-refractivity contribution in [1.82, 2.24) is 15.0 Å². The van der Waals surface area contributed by atoms with Crippen molar-refractivity contribution in [2.75, 3.05) is 0 Å².